The number of anilines is 1. The predicted molar refractivity (Wildman–Crippen MR) is 85.2 cm³/mol. The Morgan fingerprint density at radius 1 is 1.15 bits per heavy atom. The van der Waals surface area contributed by atoms with Gasteiger partial charge in [-0.25, -0.2) is 0 Å². The van der Waals surface area contributed by atoms with Crippen molar-refractivity contribution in [2.45, 2.75) is 38.3 Å². The highest BCUT2D eigenvalue weighted by atomic mass is 15.2. The molecule has 1 heterocycles. The lowest BCUT2D eigenvalue weighted by Crippen LogP contribution is -2.30. The van der Waals surface area contributed by atoms with Crippen molar-refractivity contribution in [2.24, 2.45) is 0 Å². The molecule has 0 aromatic heterocycles. The highest BCUT2D eigenvalue weighted by Gasteiger charge is 2.25. The van der Waals surface area contributed by atoms with Crippen LogP contribution in [0.3, 0.4) is 0 Å². The monoisotopic (exact) mass is 273 g/mol. The van der Waals surface area contributed by atoms with Crippen molar-refractivity contribution in [1.29, 1.82) is 0 Å². The Balaban J connectivity index is 1.38. The van der Waals surface area contributed by atoms with E-state index in [1.807, 2.05) is 0 Å². The fraction of sp³-hybridized carbons (Fsp3) is 0.647. The van der Waals surface area contributed by atoms with Gasteiger partial charge in [0, 0.05) is 44.5 Å². The third kappa shape index (κ3) is 3.74. The molecule has 110 valence electrons. The normalized spacial score (nSPS) is 19.0. The molecule has 0 radical (unpaired) electrons. The lowest BCUT2D eigenvalue weighted by Gasteiger charge is -2.18. The lowest BCUT2D eigenvalue weighted by atomic mass is 10.2. The summed E-state index contributed by atoms with van der Waals surface area (Å²) in [5.74, 6) is 0. The van der Waals surface area contributed by atoms with Crippen molar-refractivity contribution in [3.63, 3.8) is 0 Å². The molecule has 0 bridgehead atoms. The highest BCUT2D eigenvalue weighted by Crippen LogP contribution is 2.24. The largest absolute Gasteiger partial charge is 0.372 e. The number of nitrogens with zero attached hydrogens (tertiary/aromatic N) is 2. The summed E-state index contributed by atoms with van der Waals surface area (Å²) in [7, 11) is 2.24. The van der Waals surface area contributed by atoms with Crippen LogP contribution in [0.2, 0.25) is 0 Å². The first-order chi connectivity index (χ1) is 9.83. The predicted octanol–water partition coefficient (Wildman–Crippen LogP) is 2.47. The van der Waals surface area contributed by atoms with Crippen molar-refractivity contribution in [2.75, 3.05) is 38.1 Å². The Hall–Kier alpha value is -1.06. The summed E-state index contributed by atoms with van der Waals surface area (Å²) in [6.07, 6.45) is 5.48. The maximum absolute atomic E-state index is 3.55. The summed E-state index contributed by atoms with van der Waals surface area (Å²) in [5, 5.41) is 3.55. The van der Waals surface area contributed by atoms with Gasteiger partial charge in [-0.15, -0.1) is 0 Å². The van der Waals surface area contributed by atoms with Gasteiger partial charge in [0.15, 0.2) is 0 Å². The summed E-state index contributed by atoms with van der Waals surface area (Å²) in [4.78, 5) is 4.96. The maximum Gasteiger partial charge on any atom is 0.0366 e. The third-order valence-electron chi connectivity index (χ3n) is 4.55. The summed E-state index contributed by atoms with van der Waals surface area (Å²) >= 11 is 0. The van der Waals surface area contributed by atoms with Gasteiger partial charge in [-0.1, -0.05) is 12.1 Å². The van der Waals surface area contributed by atoms with Crippen LogP contribution in [0.4, 0.5) is 5.69 Å². The van der Waals surface area contributed by atoms with Gasteiger partial charge in [0.1, 0.15) is 0 Å². The maximum atomic E-state index is 3.55. The van der Waals surface area contributed by atoms with E-state index >= 15 is 0 Å². The van der Waals surface area contributed by atoms with E-state index in [1.54, 1.807) is 0 Å². The van der Waals surface area contributed by atoms with Gasteiger partial charge in [0.2, 0.25) is 0 Å². The molecule has 1 N–H and O–H groups in total. The van der Waals surface area contributed by atoms with Crippen LogP contribution in [-0.4, -0.2) is 44.2 Å². The summed E-state index contributed by atoms with van der Waals surface area (Å²) in [5.41, 5.74) is 2.78. The van der Waals surface area contributed by atoms with Crippen molar-refractivity contribution in [3.8, 4) is 0 Å². The standard InChI is InChI=1S/C17H27N3/c1-19(16-8-9-16)13-10-18-14-15-4-6-17(7-5-15)20-11-2-3-12-20/h4-7,16,18H,2-3,8-14H2,1H3. The van der Waals surface area contributed by atoms with Crippen LogP contribution in [0.1, 0.15) is 31.2 Å². The topological polar surface area (TPSA) is 18.5 Å². The molecular weight excluding hydrogens is 246 g/mol. The third-order valence-corrected chi connectivity index (χ3v) is 4.55. The highest BCUT2D eigenvalue weighted by molar-refractivity contribution is 5.48. The molecule has 0 unspecified atom stereocenters. The van der Waals surface area contributed by atoms with Gasteiger partial charge in [-0.2, -0.15) is 0 Å². The molecule has 3 heteroatoms. The minimum atomic E-state index is 0.872. The Labute approximate surface area is 123 Å². The molecule has 1 saturated heterocycles. The molecule has 0 amide bonds. The quantitative estimate of drug-likeness (QED) is 0.770. The average Bonchev–Trinajstić information content (AvgIpc) is 3.19. The molecule has 1 aliphatic carbocycles. The van der Waals surface area contributed by atoms with E-state index in [9.17, 15) is 0 Å². The van der Waals surface area contributed by atoms with E-state index in [2.05, 4.69) is 46.4 Å². The first-order valence-corrected chi connectivity index (χ1v) is 8.08. The minimum Gasteiger partial charge on any atom is -0.372 e. The fourth-order valence-corrected chi connectivity index (χ4v) is 2.99. The van der Waals surface area contributed by atoms with E-state index in [1.165, 1.54) is 50.0 Å². The number of hydrogen-bond donors (Lipinski definition) is 1. The zero-order valence-corrected chi connectivity index (χ0v) is 12.6. The molecular formula is C17H27N3. The van der Waals surface area contributed by atoms with E-state index in [0.29, 0.717) is 0 Å². The zero-order valence-electron chi connectivity index (χ0n) is 12.6. The van der Waals surface area contributed by atoms with Gasteiger partial charge in [0.05, 0.1) is 0 Å². The average molecular weight is 273 g/mol. The Morgan fingerprint density at radius 3 is 2.50 bits per heavy atom. The molecule has 1 aromatic rings. The van der Waals surface area contributed by atoms with Gasteiger partial charge >= 0.3 is 0 Å². The van der Waals surface area contributed by atoms with Crippen molar-refractivity contribution < 1.29 is 0 Å². The van der Waals surface area contributed by atoms with Crippen LogP contribution in [0.25, 0.3) is 0 Å². The first-order valence-electron chi connectivity index (χ1n) is 8.08. The lowest BCUT2D eigenvalue weighted by molar-refractivity contribution is 0.321. The van der Waals surface area contributed by atoms with Crippen molar-refractivity contribution in [3.05, 3.63) is 29.8 Å². The molecule has 20 heavy (non-hydrogen) atoms. The number of likely N-dealkylation sites (N-methyl/N-ethyl adjacent to an activating group) is 1. The Morgan fingerprint density at radius 2 is 1.85 bits per heavy atom. The Kier molecular flexibility index (Phi) is 4.58. The number of hydrogen-bond acceptors (Lipinski definition) is 3. The fourth-order valence-electron chi connectivity index (χ4n) is 2.99. The molecule has 0 atom stereocenters. The second-order valence-corrected chi connectivity index (χ2v) is 6.25. The van der Waals surface area contributed by atoms with Gasteiger partial charge in [-0.3, -0.25) is 0 Å². The molecule has 1 saturated carbocycles. The van der Waals surface area contributed by atoms with Crippen LogP contribution >= 0.6 is 0 Å². The summed E-state index contributed by atoms with van der Waals surface area (Å²) < 4.78 is 0. The number of rotatable bonds is 7. The van der Waals surface area contributed by atoms with Gasteiger partial charge in [0.25, 0.3) is 0 Å². The van der Waals surface area contributed by atoms with Crippen molar-refractivity contribution in [1.82, 2.24) is 10.2 Å². The zero-order chi connectivity index (χ0) is 13.8. The molecule has 2 aliphatic rings. The van der Waals surface area contributed by atoms with Crippen molar-refractivity contribution >= 4 is 5.69 Å². The van der Waals surface area contributed by atoms with E-state index in [-0.39, 0.29) is 0 Å². The summed E-state index contributed by atoms with van der Waals surface area (Å²) in [6.45, 7) is 5.69. The van der Waals surface area contributed by atoms with Gasteiger partial charge in [-0.05, 0) is 50.4 Å². The molecule has 3 rings (SSSR count). The number of nitrogens with one attached hydrogen (secondary N) is 1. The van der Waals surface area contributed by atoms with Gasteiger partial charge < -0.3 is 15.1 Å². The molecule has 1 aliphatic heterocycles. The summed E-state index contributed by atoms with van der Waals surface area (Å²) in [6, 6.07) is 9.96. The molecule has 2 fully saturated rings. The second kappa shape index (κ2) is 6.59. The smallest absolute Gasteiger partial charge is 0.0366 e. The van der Waals surface area contributed by atoms with Crippen LogP contribution < -0.4 is 10.2 Å². The SMILES string of the molecule is CN(CCNCc1ccc(N2CCCC2)cc1)C1CC1. The Bertz CT molecular complexity index is 405. The first kappa shape index (κ1) is 13.9. The van der Waals surface area contributed by atoms with Crippen LogP contribution in [0.5, 0.6) is 0 Å². The van der Waals surface area contributed by atoms with E-state index < -0.39 is 0 Å². The van der Waals surface area contributed by atoms with Crippen LogP contribution in [0, 0.1) is 0 Å². The second-order valence-electron chi connectivity index (χ2n) is 6.25. The van der Waals surface area contributed by atoms with E-state index in [0.717, 1.165) is 25.7 Å². The van der Waals surface area contributed by atoms with E-state index in [4.69, 9.17) is 0 Å². The molecule has 1 aromatic carbocycles. The molecule has 3 nitrogen and oxygen atoms in total. The molecule has 0 spiro atoms. The van der Waals surface area contributed by atoms with Crippen LogP contribution in [-0.2, 0) is 6.54 Å². The van der Waals surface area contributed by atoms with Crippen LogP contribution in [0.15, 0.2) is 24.3 Å². The number of benzene rings is 1. The minimum absolute atomic E-state index is 0.872.